The highest BCUT2D eigenvalue weighted by Gasteiger charge is 2.27. The SMILES string of the molecule is COc1cc(-c2c(C(=O)OCc3ccc(Cn4cnc5c(Cl)ncnc54)cc3)c(C=O)cc3cc4c(cc23)OCO4)cc(OC)c1OC. The lowest BCUT2D eigenvalue weighted by atomic mass is 9.89. The van der Waals surface area contributed by atoms with Gasteiger partial charge in [0.2, 0.25) is 12.5 Å². The third-order valence-corrected chi connectivity index (χ3v) is 8.33. The van der Waals surface area contributed by atoms with Crippen molar-refractivity contribution in [3.63, 3.8) is 0 Å². The van der Waals surface area contributed by atoms with Gasteiger partial charge in [-0.25, -0.2) is 19.7 Å². The van der Waals surface area contributed by atoms with Crippen molar-refractivity contribution in [3.8, 4) is 39.9 Å². The van der Waals surface area contributed by atoms with E-state index in [0.717, 1.165) is 11.1 Å². The van der Waals surface area contributed by atoms with E-state index >= 15 is 0 Å². The zero-order valence-corrected chi connectivity index (χ0v) is 26.7. The summed E-state index contributed by atoms with van der Waals surface area (Å²) < 4.78 is 35.7. The average Bonchev–Trinajstić information content (AvgIpc) is 3.75. The van der Waals surface area contributed by atoms with E-state index in [1.54, 1.807) is 36.7 Å². The average molecular weight is 667 g/mol. The second-order valence-corrected chi connectivity index (χ2v) is 11.1. The Labute approximate surface area is 278 Å². The Morgan fingerprint density at radius 3 is 2.31 bits per heavy atom. The number of carbonyl (C=O) groups excluding carboxylic acids is 2. The number of aldehydes is 1. The van der Waals surface area contributed by atoms with Gasteiger partial charge in [-0.2, -0.15) is 0 Å². The molecule has 2 aromatic heterocycles. The summed E-state index contributed by atoms with van der Waals surface area (Å²) in [5, 5.41) is 1.59. The minimum atomic E-state index is -0.689. The number of ether oxygens (including phenoxy) is 6. The van der Waals surface area contributed by atoms with E-state index in [-0.39, 0.29) is 24.5 Å². The van der Waals surface area contributed by atoms with Crippen molar-refractivity contribution < 1.29 is 38.0 Å². The van der Waals surface area contributed by atoms with Gasteiger partial charge in [-0.15, -0.1) is 0 Å². The first kappa shape index (κ1) is 30.8. The number of carbonyl (C=O) groups is 2. The van der Waals surface area contributed by atoms with Crippen LogP contribution in [0.5, 0.6) is 28.7 Å². The fourth-order valence-corrected chi connectivity index (χ4v) is 5.95. The third kappa shape index (κ3) is 5.45. The van der Waals surface area contributed by atoms with Crippen LogP contribution in [-0.2, 0) is 17.9 Å². The van der Waals surface area contributed by atoms with Crippen LogP contribution in [0.2, 0.25) is 5.15 Å². The Bertz CT molecular complexity index is 2190. The summed E-state index contributed by atoms with van der Waals surface area (Å²) >= 11 is 6.14. The summed E-state index contributed by atoms with van der Waals surface area (Å²) in [4.78, 5) is 39.1. The third-order valence-electron chi connectivity index (χ3n) is 8.05. The van der Waals surface area contributed by atoms with Gasteiger partial charge in [0.05, 0.1) is 39.8 Å². The molecule has 0 atom stereocenters. The van der Waals surface area contributed by atoms with E-state index in [1.807, 2.05) is 28.8 Å². The van der Waals surface area contributed by atoms with Gasteiger partial charge in [-0.05, 0) is 57.8 Å². The number of nitrogens with zero attached hydrogens (tertiary/aromatic N) is 4. The minimum Gasteiger partial charge on any atom is -0.493 e. The highest BCUT2D eigenvalue weighted by molar-refractivity contribution is 6.33. The van der Waals surface area contributed by atoms with Gasteiger partial charge >= 0.3 is 5.97 Å². The van der Waals surface area contributed by atoms with Crippen LogP contribution in [0.4, 0.5) is 0 Å². The van der Waals surface area contributed by atoms with Crippen LogP contribution in [0, 0.1) is 0 Å². The van der Waals surface area contributed by atoms with Crippen molar-refractivity contribution in [2.75, 3.05) is 28.1 Å². The van der Waals surface area contributed by atoms with Gasteiger partial charge in [0, 0.05) is 11.1 Å². The van der Waals surface area contributed by atoms with Gasteiger partial charge in [0.1, 0.15) is 18.5 Å². The molecule has 0 radical (unpaired) electrons. The van der Waals surface area contributed by atoms with Gasteiger partial charge in [0.15, 0.2) is 40.1 Å². The number of benzene rings is 4. The summed E-state index contributed by atoms with van der Waals surface area (Å²) in [6, 6.07) is 16.2. The minimum absolute atomic E-state index is 0.0396. The van der Waals surface area contributed by atoms with Crippen LogP contribution in [0.1, 0.15) is 31.8 Å². The van der Waals surface area contributed by atoms with Gasteiger partial charge < -0.3 is 33.0 Å². The first-order valence-corrected chi connectivity index (χ1v) is 15.0. The molecule has 1 aliphatic heterocycles. The second-order valence-electron chi connectivity index (χ2n) is 10.8. The van der Waals surface area contributed by atoms with E-state index in [4.69, 9.17) is 40.0 Å². The Balaban J connectivity index is 1.24. The fraction of sp³-hybridized carbons (Fsp3) is 0.171. The predicted octanol–water partition coefficient (Wildman–Crippen LogP) is 6.27. The first-order chi connectivity index (χ1) is 23.4. The standard InChI is InChI=1S/C35H27ClN4O8/c1-43-27-10-22(11-28(44-2)32(27)45-3)29-24-12-26-25(47-18-48-26)9-21(24)8-23(14-41)30(29)35(42)46-15-20-6-4-19(5-7-20)13-40-17-39-31-33(36)37-16-38-34(31)40/h4-12,14,16-17H,13,15,18H2,1-3H3. The number of imidazole rings is 1. The zero-order chi connectivity index (χ0) is 33.4. The number of hydrogen-bond acceptors (Lipinski definition) is 11. The van der Waals surface area contributed by atoms with Crippen LogP contribution in [-0.4, -0.2) is 59.9 Å². The van der Waals surface area contributed by atoms with Crippen molar-refractivity contribution in [2.45, 2.75) is 13.2 Å². The maximum atomic E-state index is 14.0. The predicted molar refractivity (Wildman–Crippen MR) is 176 cm³/mol. The molecule has 0 saturated heterocycles. The summed E-state index contributed by atoms with van der Waals surface area (Å²) in [7, 11) is 4.51. The van der Waals surface area contributed by atoms with Gasteiger partial charge in [-0.1, -0.05) is 35.9 Å². The Kier molecular flexibility index (Phi) is 8.15. The van der Waals surface area contributed by atoms with Crippen molar-refractivity contribution in [3.05, 3.63) is 94.7 Å². The fourth-order valence-electron chi connectivity index (χ4n) is 5.78. The first-order valence-electron chi connectivity index (χ1n) is 14.6. The van der Waals surface area contributed by atoms with Crippen molar-refractivity contribution in [1.82, 2.24) is 19.5 Å². The normalized spacial score (nSPS) is 11.9. The molecule has 0 amide bonds. The molecule has 0 N–H and O–H groups in total. The number of halogens is 1. The monoisotopic (exact) mass is 666 g/mol. The summed E-state index contributed by atoms with van der Waals surface area (Å²) in [6.45, 7) is 0.517. The lowest BCUT2D eigenvalue weighted by Crippen LogP contribution is -2.11. The highest BCUT2D eigenvalue weighted by atomic mass is 35.5. The van der Waals surface area contributed by atoms with E-state index in [2.05, 4.69) is 15.0 Å². The number of hydrogen-bond donors (Lipinski definition) is 0. The van der Waals surface area contributed by atoms with Crippen LogP contribution in [0.15, 0.2) is 67.3 Å². The number of rotatable bonds is 10. The summed E-state index contributed by atoms with van der Waals surface area (Å²) in [5.41, 5.74) is 4.07. The lowest BCUT2D eigenvalue weighted by molar-refractivity contribution is 0.0472. The van der Waals surface area contributed by atoms with E-state index in [9.17, 15) is 9.59 Å². The largest absolute Gasteiger partial charge is 0.493 e. The topological polar surface area (TPSA) is 133 Å². The number of fused-ring (bicyclic) bond motifs is 3. The van der Waals surface area contributed by atoms with Crippen LogP contribution < -0.4 is 23.7 Å². The molecule has 13 heteroatoms. The molecule has 242 valence electrons. The molecule has 0 saturated carbocycles. The van der Waals surface area contributed by atoms with E-state index < -0.39 is 5.97 Å². The molecular formula is C35H27ClN4O8. The molecule has 6 aromatic rings. The zero-order valence-electron chi connectivity index (χ0n) is 26.0. The summed E-state index contributed by atoms with van der Waals surface area (Å²) in [6.07, 6.45) is 3.69. The van der Waals surface area contributed by atoms with Gasteiger partial charge in [-0.3, -0.25) is 4.79 Å². The van der Waals surface area contributed by atoms with Gasteiger partial charge in [0.25, 0.3) is 0 Å². The molecule has 0 bridgehead atoms. The number of aromatic nitrogens is 4. The highest BCUT2D eigenvalue weighted by Crippen LogP contribution is 2.46. The Hall–Kier alpha value is -5.88. The Morgan fingerprint density at radius 1 is 0.917 bits per heavy atom. The number of esters is 1. The van der Waals surface area contributed by atoms with Crippen molar-refractivity contribution in [1.29, 1.82) is 0 Å². The van der Waals surface area contributed by atoms with Crippen molar-refractivity contribution >= 4 is 45.8 Å². The van der Waals surface area contributed by atoms with Crippen LogP contribution >= 0.6 is 11.6 Å². The van der Waals surface area contributed by atoms with Crippen LogP contribution in [0.25, 0.3) is 33.1 Å². The number of methoxy groups -OCH3 is 3. The molecule has 0 unspecified atom stereocenters. The second kappa shape index (κ2) is 12.7. The van der Waals surface area contributed by atoms with E-state index in [1.165, 1.54) is 27.7 Å². The molecule has 0 aliphatic carbocycles. The van der Waals surface area contributed by atoms with Crippen LogP contribution in [0.3, 0.4) is 0 Å². The smallest absolute Gasteiger partial charge is 0.339 e. The molecule has 48 heavy (non-hydrogen) atoms. The van der Waals surface area contributed by atoms with Crippen molar-refractivity contribution in [2.24, 2.45) is 0 Å². The molecule has 4 aromatic carbocycles. The molecule has 7 rings (SSSR count). The molecule has 0 fully saturated rings. The molecule has 3 heterocycles. The lowest BCUT2D eigenvalue weighted by Gasteiger charge is -2.19. The molecule has 1 aliphatic rings. The quantitative estimate of drug-likeness (QED) is 0.0930. The maximum Gasteiger partial charge on any atom is 0.339 e. The summed E-state index contributed by atoms with van der Waals surface area (Å²) in [5.74, 6) is 1.47. The molecule has 0 spiro atoms. The molecular weight excluding hydrogens is 640 g/mol. The van der Waals surface area contributed by atoms with E-state index in [0.29, 0.717) is 79.8 Å². The maximum absolute atomic E-state index is 14.0. The molecule has 12 nitrogen and oxygen atoms in total. The Morgan fingerprint density at radius 2 is 1.62 bits per heavy atom.